The number of benzene rings is 2. The minimum atomic E-state index is -0.352. The smallest absolute Gasteiger partial charge is 0.278 e. The monoisotopic (exact) mass is 388 g/mol. The highest BCUT2D eigenvalue weighted by atomic mass is 35.5. The van der Waals surface area contributed by atoms with Crippen molar-refractivity contribution in [1.29, 1.82) is 0 Å². The number of hydrogen-bond acceptors (Lipinski definition) is 3. The second kappa shape index (κ2) is 7.14. The number of nitrogens with one attached hydrogen (secondary N) is 1. The van der Waals surface area contributed by atoms with Crippen LogP contribution < -0.4 is 5.32 Å². The van der Waals surface area contributed by atoms with Crippen molar-refractivity contribution in [2.75, 3.05) is 5.32 Å². The molecule has 0 unspecified atom stereocenters. The Balaban J connectivity index is 2.13. The van der Waals surface area contributed by atoms with E-state index in [0.717, 1.165) is 5.56 Å². The van der Waals surface area contributed by atoms with E-state index < -0.39 is 0 Å². The van der Waals surface area contributed by atoms with E-state index in [1.165, 1.54) is 4.90 Å². The minimum Gasteiger partial charge on any atom is -0.350 e. The Labute approximate surface area is 162 Å². The van der Waals surface area contributed by atoms with E-state index in [2.05, 4.69) is 5.32 Å². The zero-order valence-corrected chi connectivity index (χ0v) is 16.2. The number of hydrogen-bond donors (Lipinski definition) is 1. The number of aryl methyl sites for hydroxylation is 1. The normalized spacial score (nSPS) is 14.6. The van der Waals surface area contributed by atoms with Crippen LogP contribution in [0.3, 0.4) is 0 Å². The first-order valence-electron chi connectivity index (χ1n) is 8.21. The van der Waals surface area contributed by atoms with Crippen molar-refractivity contribution in [2.24, 2.45) is 0 Å². The Morgan fingerprint density at radius 3 is 2.15 bits per heavy atom. The maximum Gasteiger partial charge on any atom is 0.278 e. The van der Waals surface area contributed by atoms with Gasteiger partial charge in [0.2, 0.25) is 0 Å². The van der Waals surface area contributed by atoms with Crippen LogP contribution in [0.4, 0.5) is 5.69 Å². The van der Waals surface area contributed by atoms with E-state index >= 15 is 0 Å². The van der Waals surface area contributed by atoms with E-state index in [1.54, 1.807) is 36.4 Å². The molecule has 0 aliphatic carbocycles. The number of anilines is 1. The first-order chi connectivity index (χ1) is 12.3. The molecule has 4 nitrogen and oxygen atoms in total. The molecule has 2 aromatic rings. The molecule has 0 saturated heterocycles. The summed E-state index contributed by atoms with van der Waals surface area (Å²) in [4.78, 5) is 27.1. The summed E-state index contributed by atoms with van der Waals surface area (Å²) in [6, 6.07) is 12.0. The lowest BCUT2D eigenvalue weighted by molar-refractivity contribution is -0.138. The Morgan fingerprint density at radius 1 is 0.923 bits per heavy atom. The molecule has 2 aromatic carbocycles. The van der Waals surface area contributed by atoms with Gasteiger partial charge in [0.1, 0.15) is 5.70 Å². The summed E-state index contributed by atoms with van der Waals surface area (Å²) in [7, 11) is 0. The molecule has 0 aromatic heterocycles. The van der Waals surface area contributed by atoms with Gasteiger partial charge >= 0.3 is 0 Å². The van der Waals surface area contributed by atoms with Gasteiger partial charge in [0, 0.05) is 21.8 Å². The topological polar surface area (TPSA) is 49.4 Å². The summed E-state index contributed by atoms with van der Waals surface area (Å²) < 4.78 is 0. The van der Waals surface area contributed by atoms with Gasteiger partial charge in [0.15, 0.2) is 0 Å². The van der Waals surface area contributed by atoms with Crippen LogP contribution in [0.5, 0.6) is 0 Å². The lowest BCUT2D eigenvalue weighted by Crippen LogP contribution is -2.38. The highest BCUT2D eigenvalue weighted by Gasteiger charge is 2.40. The van der Waals surface area contributed by atoms with Crippen LogP contribution in [0.2, 0.25) is 10.0 Å². The predicted octanol–water partition coefficient (Wildman–Crippen LogP) is 4.90. The molecule has 0 atom stereocenters. The third kappa shape index (κ3) is 3.35. The molecule has 0 radical (unpaired) electrons. The van der Waals surface area contributed by atoms with Gasteiger partial charge in [-0.2, -0.15) is 0 Å². The van der Waals surface area contributed by atoms with Crippen molar-refractivity contribution >= 4 is 46.3 Å². The molecule has 1 heterocycles. The minimum absolute atomic E-state index is 0.247. The summed E-state index contributed by atoms with van der Waals surface area (Å²) in [5.41, 5.74) is 2.82. The molecular weight excluding hydrogens is 371 g/mol. The van der Waals surface area contributed by atoms with Crippen LogP contribution in [0.1, 0.15) is 25.0 Å². The maximum absolute atomic E-state index is 12.9. The Morgan fingerprint density at radius 2 is 1.54 bits per heavy atom. The van der Waals surface area contributed by atoms with Crippen LogP contribution in [0.25, 0.3) is 5.57 Å². The van der Waals surface area contributed by atoms with Gasteiger partial charge in [0.05, 0.1) is 5.57 Å². The van der Waals surface area contributed by atoms with Crippen molar-refractivity contribution in [3.8, 4) is 0 Å². The van der Waals surface area contributed by atoms with Crippen molar-refractivity contribution in [1.82, 2.24) is 4.90 Å². The molecule has 1 N–H and O–H groups in total. The highest BCUT2D eigenvalue weighted by Crippen LogP contribution is 2.33. The third-order valence-electron chi connectivity index (χ3n) is 4.22. The van der Waals surface area contributed by atoms with Crippen LogP contribution in [0.15, 0.2) is 48.2 Å². The van der Waals surface area contributed by atoms with Gasteiger partial charge in [-0.05, 0) is 56.2 Å². The molecule has 3 rings (SSSR count). The Kier molecular flexibility index (Phi) is 5.08. The highest BCUT2D eigenvalue weighted by molar-refractivity contribution is 6.37. The van der Waals surface area contributed by atoms with E-state index in [1.807, 2.05) is 26.8 Å². The standard InChI is InChI=1S/C20H18Cl2N2O2/c1-11(2)24-19(25)17(13-5-8-14(21)9-6-13)18(20(24)26)23-16-10-15(22)7-4-12(16)3/h4-11,23H,1-3H3. The molecule has 26 heavy (non-hydrogen) atoms. The number of halogens is 2. The van der Waals surface area contributed by atoms with Crippen molar-refractivity contribution in [2.45, 2.75) is 26.8 Å². The average Bonchev–Trinajstić information content (AvgIpc) is 2.82. The predicted molar refractivity (Wildman–Crippen MR) is 105 cm³/mol. The second-order valence-electron chi connectivity index (χ2n) is 6.42. The fourth-order valence-corrected chi connectivity index (χ4v) is 3.18. The third-order valence-corrected chi connectivity index (χ3v) is 4.71. The molecule has 134 valence electrons. The van der Waals surface area contributed by atoms with Crippen molar-refractivity contribution in [3.05, 3.63) is 69.3 Å². The first-order valence-corrected chi connectivity index (χ1v) is 8.96. The summed E-state index contributed by atoms with van der Waals surface area (Å²) in [5.74, 6) is -0.677. The Hall–Kier alpha value is -2.30. The maximum atomic E-state index is 12.9. The number of amides is 2. The molecule has 2 amide bonds. The van der Waals surface area contributed by atoms with E-state index in [0.29, 0.717) is 26.9 Å². The van der Waals surface area contributed by atoms with Gasteiger partial charge in [0.25, 0.3) is 11.8 Å². The fourth-order valence-electron chi connectivity index (χ4n) is 2.88. The van der Waals surface area contributed by atoms with Gasteiger partial charge in [-0.15, -0.1) is 0 Å². The van der Waals surface area contributed by atoms with E-state index in [-0.39, 0.29) is 23.6 Å². The van der Waals surface area contributed by atoms with E-state index in [4.69, 9.17) is 23.2 Å². The number of carbonyl (C=O) groups is 2. The van der Waals surface area contributed by atoms with Gasteiger partial charge in [-0.3, -0.25) is 14.5 Å². The summed E-state index contributed by atoms with van der Waals surface area (Å²) in [6.45, 7) is 5.52. The number of nitrogens with zero attached hydrogens (tertiary/aromatic N) is 1. The molecule has 1 aliphatic heterocycles. The second-order valence-corrected chi connectivity index (χ2v) is 7.29. The van der Waals surface area contributed by atoms with Crippen LogP contribution in [0, 0.1) is 6.92 Å². The number of carbonyl (C=O) groups excluding carboxylic acids is 2. The quantitative estimate of drug-likeness (QED) is 0.757. The Bertz CT molecular complexity index is 918. The summed E-state index contributed by atoms with van der Waals surface area (Å²) >= 11 is 12.0. The zero-order valence-electron chi connectivity index (χ0n) is 14.6. The van der Waals surface area contributed by atoms with Crippen LogP contribution >= 0.6 is 23.2 Å². The van der Waals surface area contributed by atoms with Crippen molar-refractivity contribution < 1.29 is 9.59 Å². The molecule has 1 aliphatic rings. The van der Waals surface area contributed by atoms with Crippen LogP contribution in [-0.4, -0.2) is 22.8 Å². The van der Waals surface area contributed by atoms with Gasteiger partial charge < -0.3 is 5.32 Å². The van der Waals surface area contributed by atoms with Gasteiger partial charge in [-0.25, -0.2) is 0 Å². The molecule has 0 bridgehead atoms. The molecule has 0 spiro atoms. The van der Waals surface area contributed by atoms with Crippen LogP contribution in [-0.2, 0) is 9.59 Å². The summed E-state index contributed by atoms with van der Waals surface area (Å²) in [6.07, 6.45) is 0. The molecule has 0 fully saturated rings. The molecular formula is C20H18Cl2N2O2. The van der Waals surface area contributed by atoms with Crippen molar-refractivity contribution in [3.63, 3.8) is 0 Å². The largest absolute Gasteiger partial charge is 0.350 e. The number of rotatable bonds is 4. The van der Waals surface area contributed by atoms with E-state index in [9.17, 15) is 9.59 Å². The molecule has 6 heteroatoms. The summed E-state index contributed by atoms with van der Waals surface area (Å²) in [5, 5.41) is 4.24. The average molecular weight is 389 g/mol. The lowest BCUT2D eigenvalue weighted by atomic mass is 10.0. The molecule has 0 saturated carbocycles. The SMILES string of the molecule is Cc1ccc(Cl)cc1NC1=C(c2ccc(Cl)cc2)C(=O)N(C(C)C)C1=O. The van der Waals surface area contributed by atoms with Gasteiger partial charge in [-0.1, -0.05) is 41.4 Å². The number of imide groups is 1. The fraction of sp³-hybridized carbons (Fsp3) is 0.200. The lowest BCUT2D eigenvalue weighted by Gasteiger charge is -2.19. The first kappa shape index (κ1) is 18.5. The zero-order chi connectivity index (χ0) is 19.0.